The SMILES string of the molecule is C[S+](c1ccccc1)c1ccc([Te]C(C)(C)C)cc1. The van der Waals surface area contributed by atoms with Gasteiger partial charge in [0.05, 0.1) is 0 Å². The molecule has 0 aliphatic rings. The van der Waals surface area contributed by atoms with Crippen LogP contribution in [0.15, 0.2) is 64.4 Å². The molecule has 1 atom stereocenters. The van der Waals surface area contributed by atoms with E-state index in [0.29, 0.717) is 3.46 Å². The first-order valence-electron chi connectivity index (χ1n) is 6.46. The molecule has 19 heavy (non-hydrogen) atoms. The molecule has 0 radical (unpaired) electrons. The van der Waals surface area contributed by atoms with Crippen LogP contribution in [0.1, 0.15) is 20.8 Å². The minimum atomic E-state index is -0.0896. The minimum absolute atomic E-state index is 0.0896. The molecule has 100 valence electrons. The van der Waals surface area contributed by atoms with Gasteiger partial charge in [-0.25, -0.2) is 0 Å². The summed E-state index contributed by atoms with van der Waals surface area (Å²) in [5.74, 6) is 0. The second kappa shape index (κ2) is 6.35. The van der Waals surface area contributed by atoms with E-state index < -0.39 is 0 Å². The Morgan fingerprint density at radius 1 is 0.789 bits per heavy atom. The van der Waals surface area contributed by atoms with E-state index in [-0.39, 0.29) is 31.8 Å². The quantitative estimate of drug-likeness (QED) is 0.556. The molecular weight excluding hydrogens is 364 g/mol. The van der Waals surface area contributed by atoms with E-state index in [2.05, 4.69) is 81.6 Å². The van der Waals surface area contributed by atoms with Crippen LogP contribution < -0.4 is 3.61 Å². The maximum atomic E-state index is 2.34. The molecule has 0 heterocycles. The van der Waals surface area contributed by atoms with E-state index >= 15 is 0 Å². The molecule has 2 aromatic rings. The summed E-state index contributed by atoms with van der Waals surface area (Å²) in [6.07, 6.45) is 2.31. The normalized spacial score (nSPS) is 13.3. The summed E-state index contributed by atoms with van der Waals surface area (Å²) in [7, 11) is 0.186. The van der Waals surface area contributed by atoms with Gasteiger partial charge in [-0.15, -0.1) is 0 Å². The third-order valence-corrected chi connectivity index (χ3v) is 7.85. The van der Waals surface area contributed by atoms with Crippen LogP contribution in [0.25, 0.3) is 0 Å². The first-order valence-corrected chi connectivity index (χ1v) is 10.4. The van der Waals surface area contributed by atoms with Crippen molar-refractivity contribution >= 4 is 35.4 Å². The van der Waals surface area contributed by atoms with E-state index in [0.717, 1.165) is 0 Å². The summed E-state index contributed by atoms with van der Waals surface area (Å²) in [5, 5.41) is 0. The standard InChI is InChI=1S/C17H21STe/c1-17(2,3)19-16-12-10-15(11-13-16)18(4)14-8-6-5-7-9-14/h5-13H,1-4H3/q+1. The van der Waals surface area contributed by atoms with Crippen LogP contribution in [0.3, 0.4) is 0 Å². The fourth-order valence-corrected chi connectivity index (χ4v) is 6.00. The summed E-state index contributed by atoms with van der Waals surface area (Å²) in [4.78, 5) is 2.86. The predicted molar refractivity (Wildman–Crippen MR) is 87.8 cm³/mol. The van der Waals surface area contributed by atoms with Gasteiger partial charge in [0, 0.05) is 0 Å². The molecule has 0 amide bonds. The van der Waals surface area contributed by atoms with Crippen LogP contribution in [0, 0.1) is 0 Å². The maximum absolute atomic E-state index is 2.34. The Morgan fingerprint density at radius 3 is 1.84 bits per heavy atom. The van der Waals surface area contributed by atoms with Crippen molar-refractivity contribution in [3.05, 3.63) is 54.6 Å². The zero-order valence-corrected chi connectivity index (χ0v) is 15.2. The summed E-state index contributed by atoms with van der Waals surface area (Å²) in [6.45, 7) is 7.03. The van der Waals surface area contributed by atoms with Gasteiger partial charge in [0.1, 0.15) is 0 Å². The van der Waals surface area contributed by atoms with Crippen molar-refractivity contribution in [1.82, 2.24) is 0 Å². The second-order valence-corrected chi connectivity index (χ2v) is 12.9. The number of hydrogen-bond donors (Lipinski definition) is 0. The monoisotopic (exact) mass is 387 g/mol. The van der Waals surface area contributed by atoms with Crippen LogP contribution in [-0.4, -0.2) is 27.2 Å². The van der Waals surface area contributed by atoms with Crippen LogP contribution in [0.5, 0.6) is 0 Å². The third kappa shape index (κ3) is 4.56. The van der Waals surface area contributed by atoms with Gasteiger partial charge in [-0.05, 0) is 0 Å². The van der Waals surface area contributed by atoms with Gasteiger partial charge in [0.15, 0.2) is 0 Å². The van der Waals surface area contributed by atoms with E-state index in [1.165, 1.54) is 9.79 Å². The van der Waals surface area contributed by atoms with Crippen molar-refractivity contribution in [2.24, 2.45) is 0 Å². The molecule has 0 N–H and O–H groups in total. The van der Waals surface area contributed by atoms with Gasteiger partial charge in [-0.1, -0.05) is 0 Å². The van der Waals surface area contributed by atoms with Gasteiger partial charge >= 0.3 is 130 Å². The molecule has 2 heteroatoms. The number of rotatable bonds is 3. The summed E-state index contributed by atoms with van der Waals surface area (Å²) in [5.41, 5.74) is 0. The fraction of sp³-hybridized carbons (Fsp3) is 0.294. The Morgan fingerprint density at radius 2 is 1.32 bits per heavy atom. The van der Waals surface area contributed by atoms with Gasteiger partial charge in [-0.2, -0.15) is 0 Å². The Labute approximate surface area is 130 Å². The van der Waals surface area contributed by atoms with Crippen molar-refractivity contribution < 1.29 is 0 Å². The molecule has 0 aromatic heterocycles. The molecule has 0 fully saturated rings. The molecule has 0 nitrogen and oxygen atoms in total. The fourth-order valence-electron chi connectivity index (χ4n) is 1.83. The summed E-state index contributed by atoms with van der Waals surface area (Å²) in [6, 6.07) is 20.1. The van der Waals surface area contributed by atoms with Gasteiger partial charge in [-0.3, -0.25) is 0 Å². The summed E-state index contributed by atoms with van der Waals surface area (Å²) >= 11 is -0.0896. The Balaban J connectivity index is 2.15. The van der Waals surface area contributed by atoms with Gasteiger partial charge in [0.25, 0.3) is 0 Å². The van der Waals surface area contributed by atoms with Gasteiger partial charge < -0.3 is 0 Å². The van der Waals surface area contributed by atoms with Crippen LogP contribution in [0.4, 0.5) is 0 Å². The van der Waals surface area contributed by atoms with E-state index in [9.17, 15) is 0 Å². The van der Waals surface area contributed by atoms with Crippen molar-refractivity contribution in [3.63, 3.8) is 0 Å². The Bertz CT molecular complexity index is 511. The summed E-state index contributed by atoms with van der Waals surface area (Å²) < 4.78 is 2.05. The Hall–Kier alpha value is -0.420. The Kier molecular flexibility index (Phi) is 5.01. The first-order chi connectivity index (χ1) is 8.96. The molecule has 0 bridgehead atoms. The van der Waals surface area contributed by atoms with Crippen molar-refractivity contribution in [2.75, 3.05) is 6.26 Å². The molecule has 0 spiro atoms. The average molecular weight is 385 g/mol. The molecule has 0 saturated carbocycles. The van der Waals surface area contributed by atoms with Crippen molar-refractivity contribution in [3.8, 4) is 0 Å². The molecule has 2 aromatic carbocycles. The second-order valence-electron chi connectivity index (χ2n) is 5.51. The molecule has 1 unspecified atom stereocenters. The van der Waals surface area contributed by atoms with E-state index in [1.54, 1.807) is 3.61 Å². The third-order valence-electron chi connectivity index (χ3n) is 2.70. The molecule has 2 rings (SSSR count). The first kappa shape index (κ1) is 15.0. The number of benzene rings is 2. The van der Waals surface area contributed by atoms with Crippen LogP contribution >= 0.6 is 0 Å². The van der Waals surface area contributed by atoms with E-state index in [4.69, 9.17) is 0 Å². The molecule has 0 aliphatic heterocycles. The zero-order chi connectivity index (χ0) is 13.9. The van der Waals surface area contributed by atoms with Crippen molar-refractivity contribution in [1.29, 1.82) is 0 Å². The van der Waals surface area contributed by atoms with Gasteiger partial charge in [0.2, 0.25) is 0 Å². The predicted octanol–water partition coefficient (Wildman–Crippen LogP) is 3.90. The van der Waals surface area contributed by atoms with Crippen molar-refractivity contribution in [2.45, 2.75) is 34.0 Å². The number of hydrogen-bond acceptors (Lipinski definition) is 0. The molecule has 0 aliphatic carbocycles. The average Bonchev–Trinajstić information content (AvgIpc) is 2.38. The van der Waals surface area contributed by atoms with Crippen LogP contribution in [-0.2, 0) is 10.9 Å². The topological polar surface area (TPSA) is 0 Å². The molecule has 0 saturated heterocycles. The molecular formula is C17H21STe+. The van der Waals surface area contributed by atoms with Crippen LogP contribution in [0.2, 0.25) is 3.46 Å². The zero-order valence-electron chi connectivity index (χ0n) is 12.0. The van der Waals surface area contributed by atoms with E-state index in [1.807, 2.05) is 0 Å².